The Morgan fingerprint density at radius 1 is 0.963 bits per heavy atom. The first-order chi connectivity index (χ1) is 13.2. The number of nitrogens with one attached hydrogen (secondary N) is 2. The second kappa shape index (κ2) is 7.80. The lowest BCUT2D eigenvalue weighted by Crippen LogP contribution is -3.15. The van der Waals surface area contributed by atoms with Crippen LogP contribution in [0, 0.1) is 6.92 Å². The Hall–Kier alpha value is -2.85. The van der Waals surface area contributed by atoms with Crippen LogP contribution < -0.4 is 15.1 Å². The quantitative estimate of drug-likeness (QED) is 0.750. The minimum atomic E-state index is 0.0876. The van der Waals surface area contributed by atoms with Crippen LogP contribution in [0.5, 0.6) is 0 Å². The molecule has 1 aliphatic heterocycles. The second-order valence-electron chi connectivity index (χ2n) is 7.31. The molecule has 0 aliphatic carbocycles. The van der Waals surface area contributed by atoms with E-state index in [2.05, 4.69) is 59.6 Å². The van der Waals surface area contributed by atoms with Gasteiger partial charge in [-0.25, -0.2) is 0 Å². The van der Waals surface area contributed by atoms with E-state index in [1.165, 1.54) is 21.5 Å². The largest absolute Gasteiger partial charge is 0.360 e. The SMILES string of the molecule is Cc1ccccc1N1CC[NH+](CC(=O)Nc2ccc3ccccc3c2)CC1. The molecule has 1 amide bonds. The van der Waals surface area contributed by atoms with Crippen molar-refractivity contribution in [2.24, 2.45) is 0 Å². The van der Waals surface area contributed by atoms with E-state index in [1.54, 1.807) is 0 Å². The van der Waals surface area contributed by atoms with Gasteiger partial charge in [0.2, 0.25) is 0 Å². The Kier molecular flexibility index (Phi) is 5.07. The number of carbonyl (C=O) groups excluding carboxylic acids is 1. The van der Waals surface area contributed by atoms with Gasteiger partial charge in [0.25, 0.3) is 5.91 Å². The highest BCUT2D eigenvalue weighted by molar-refractivity contribution is 5.94. The molecule has 0 saturated carbocycles. The Morgan fingerprint density at radius 3 is 2.44 bits per heavy atom. The Balaban J connectivity index is 1.32. The molecule has 0 aromatic heterocycles. The van der Waals surface area contributed by atoms with Gasteiger partial charge in [0.05, 0.1) is 26.2 Å². The maximum Gasteiger partial charge on any atom is 0.279 e. The van der Waals surface area contributed by atoms with Crippen molar-refractivity contribution in [2.75, 3.05) is 42.9 Å². The third kappa shape index (κ3) is 4.12. The van der Waals surface area contributed by atoms with Gasteiger partial charge >= 0.3 is 0 Å². The number of anilines is 2. The van der Waals surface area contributed by atoms with Gasteiger partial charge in [0, 0.05) is 11.4 Å². The lowest BCUT2D eigenvalue weighted by atomic mass is 10.1. The summed E-state index contributed by atoms with van der Waals surface area (Å²) >= 11 is 0. The summed E-state index contributed by atoms with van der Waals surface area (Å²) in [4.78, 5) is 16.3. The standard InChI is InChI=1S/C23H25N3O/c1-18-6-2-5-9-22(18)26-14-12-25(13-15-26)17-23(27)24-21-11-10-19-7-3-4-8-20(19)16-21/h2-11,16H,12-15,17H2,1H3,(H,24,27)/p+1. The Bertz CT molecular complexity index is 945. The monoisotopic (exact) mass is 360 g/mol. The average Bonchev–Trinajstić information content (AvgIpc) is 2.69. The molecule has 1 fully saturated rings. The molecule has 4 heteroatoms. The lowest BCUT2D eigenvalue weighted by molar-refractivity contribution is -0.892. The van der Waals surface area contributed by atoms with E-state index in [4.69, 9.17) is 0 Å². The Morgan fingerprint density at radius 2 is 1.67 bits per heavy atom. The molecule has 0 bridgehead atoms. The minimum absolute atomic E-state index is 0.0876. The summed E-state index contributed by atoms with van der Waals surface area (Å²) in [5.41, 5.74) is 3.50. The molecule has 3 aromatic carbocycles. The first-order valence-corrected chi connectivity index (χ1v) is 9.62. The lowest BCUT2D eigenvalue weighted by Gasteiger charge is -2.34. The van der Waals surface area contributed by atoms with Crippen LogP contribution in [-0.2, 0) is 4.79 Å². The Labute approximate surface area is 160 Å². The maximum absolute atomic E-state index is 12.5. The van der Waals surface area contributed by atoms with Crippen LogP contribution in [0.25, 0.3) is 10.8 Å². The fraction of sp³-hybridized carbons (Fsp3) is 0.261. The van der Waals surface area contributed by atoms with Crippen LogP contribution in [0.1, 0.15) is 5.56 Å². The van der Waals surface area contributed by atoms with Crippen LogP contribution in [-0.4, -0.2) is 38.6 Å². The predicted octanol–water partition coefficient (Wildman–Crippen LogP) is 2.49. The van der Waals surface area contributed by atoms with Gasteiger partial charge in [0.1, 0.15) is 0 Å². The van der Waals surface area contributed by atoms with E-state index in [0.29, 0.717) is 6.54 Å². The predicted molar refractivity (Wildman–Crippen MR) is 112 cm³/mol. The molecule has 0 atom stereocenters. The molecule has 27 heavy (non-hydrogen) atoms. The number of aryl methyl sites for hydroxylation is 1. The third-order valence-corrected chi connectivity index (χ3v) is 5.37. The minimum Gasteiger partial charge on any atom is -0.360 e. The van der Waals surface area contributed by atoms with Crippen LogP contribution in [0.4, 0.5) is 11.4 Å². The van der Waals surface area contributed by atoms with Gasteiger partial charge in [0.15, 0.2) is 6.54 Å². The van der Waals surface area contributed by atoms with Crippen molar-refractivity contribution >= 4 is 28.1 Å². The van der Waals surface area contributed by atoms with Crippen LogP contribution in [0.2, 0.25) is 0 Å². The van der Waals surface area contributed by atoms with Gasteiger partial charge in [-0.2, -0.15) is 0 Å². The maximum atomic E-state index is 12.5. The summed E-state index contributed by atoms with van der Waals surface area (Å²) in [6.45, 7) is 6.63. The van der Waals surface area contributed by atoms with Crippen LogP contribution in [0.3, 0.4) is 0 Å². The molecule has 0 unspecified atom stereocenters. The van der Waals surface area contributed by atoms with Gasteiger partial charge < -0.3 is 15.1 Å². The number of benzene rings is 3. The molecule has 4 nitrogen and oxygen atoms in total. The van der Waals surface area contributed by atoms with E-state index < -0.39 is 0 Å². The average molecular weight is 360 g/mol. The van der Waals surface area contributed by atoms with Crippen molar-refractivity contribution in [1.29, 1.82) is 0 Å². The number of hydrogen-bond acceptors (Lipinski definition) is 2. The molecule has 1 saturated heterocycles. The fourth-order valence-corrected chi connectivity index (χ4v) is 3.86. The number of piperazine rings is 1. The van der Waals surface area contributed by atoms with Crippen molar-refractivity contribution < 1.29 is 9.69 Å². The molecular formula is C23H26N3O+. The highest BCUT2D eigenvalue weighted by Crippen LogP contribution is 2.19. The number of rotatable bonds is 4. The number of para-hydroxylation sites is 1. The topological polar surface area (TPSA) is 36.8 Å². The molecular weight excluding hydrogens is 334 g/mol. The molecule has 3 aromatic rings. The summed E-state index contributed by atoms with van der Waals surface area (Å²) in [5.74, 6) is 0.0876. The number of hydrogen-bond donors (Lipinski definition) is 2. The first kappa shape index (κ1) is 17.6. The number of carbonyl (C=O) groups is 1. The highest BCUT2D eigenvalue weighted by Gasteiger charge is 2.23. The van der Waals surface area contributed by atoms with Gasteiger partial charge in [-0.15, -0.1) is 0 Å². The van der Waals surface area contributed by atoms with E-state index in [1.807, 2.05) is 24.3 Å². The zero-order chi connectivity index (χ0) is 18.6. The number of amides is 1. The van der Waals surface area contributed by atoms with Crippen molar-refractivity contribution in [3.63, 3.8) is 0 Å². The van der Waals surface area contributed by atoms with Gasteiger partial charge in [-0.3, -0.25) is 4.79 Å². The number of nitrogens with zero attached hydrogens (tertiary/aromatic N) is 1. The summed E-state index contributed by atoms with van der Waals surface area (Å²) in [5, 5.41) is 5.40. The van der Waals surface area contributed by atoms with Crippen molar-refractivity contribution in [1.82, 2.24) is 0 Å². The third-order valence-electron chi connectivity index (χ3n) is 5.37. The van der Waals surface area contributed by atoms with E-state index in [0.717, 1.165) is 37.3 Å². The zero-order valence-electron chi connectivity index (χ0n) is 15.7. The molecule has 0 radical (unpaired) electrons. The second-order valence-corrected chi connectivity index (χ2v) is 7.31. The molecule has 4 rings (SSSR count). The molecule has 138 valence electrons. The smallest absolute Gasteiger partial charge is 0.279 e. The normalized spacial score (nSPS) is 15.1. The van der Waals surface area contributed by atoms with Gasteiger partial charge in [-0.05, 0) is 41.5 Å². The summed E-state index contributed by atoms with van der Waals surface area (Å²) in [6.07, 6.45) is 0. The first-order valence-electron chi connectivity index (χ1n) is 9.62. The number of fused-ring (bicyclic) bond motifs is 1. The van der Waals surface area contributed by atoms with Crippen molar-refractivity contribution in [2.45, 2.75) is 6.92 Å². The van der Waals surface area contributed by atoms with Gasteiger partial charge in [-0.1, -0.05) is 48.5 Å². The zero-order valence-corrected chi connectivity index (χ0v) is 15.7. The van der Waals surface area contributed by atoms with Crippen LogP contribution in [0.15, 0.2) is 66.7 Å². The molecule has 2 N–H and O–H groups in total. The van der Waals surface area contributed by atoms with E-state index in [9.17, 15) is 4.79 Å². The van der Waals surface area contributed by atoms with E-state index >= 15 is 0 Å². The number of quaternary nitrogens is 1. The molecule has 1 aliphatic rings. The molecule has 1 heterocycles. The summed E-state index contributed by atoms with van der Waals surface area (Å²) in [7, 11) is 0. The van der Waals surface area contributed by atoms with Crippen molar-refractivity contribution in [3.8, 4) is 0 Å². The fourth-order valence-electron chi connectivity index (χ4n) is 3.86. The van der Waals surface area contributed by atoms with E-state index in [-0.39, 0.29) is 5.91 Å². The molecule has 0 spiro atoms. The van der Waals surface area contributed by atoms with Crippen LogP contribution >= 0.6 is 0 Å². The summed E-state index contributed by atoms with van der Waals surface area (Å²) < 4.78 is 0. The van der Waals surface area contributed by atoms with Crippen molar-refractivity contribution in [3.05, 3.63) is 72.3 Å². The highest BCUT2D eigenvalue weighted by atomic mass is 16.2. The summed E-state index contributed by atoms with van der Waals surface area (Å²) in [6, 6.07) is 22.8.